The number of hydrogen-bond acceptors (Lipinski definition) is 6. The van der Waals surface area contributed by atoms with Crippen LogP contribution >= 0.6 is 0 Å². The van der Waals surface area contributed by atoms with Gasteiger partial charge in [0.1, 0.15) is 17.8 Å². The number of ether oxygens (including phenoxy) is 1. The second-order valence-electron chi connectivity index (χ2n) is 7.77. The monoisotopic (exact) mass is 393 g/mol. The molecule has 2 fully saturated rings. The highest BCUT2D eigenvalue weighted by Gasteiger charge is 2.40. The van der Waals surface area contributed by atoms with Crippen molar-refractivity contribution in [2.24, 2.45) is 5.92 Å². The number of fused-ring (bicyclic) bond motifs is 1. The number of nitrogens with zero attached hydrogens (tertiary/aromatic N) is 4. The lowest BCUT2D eigenvalue weighted by Gasteiger charge is -2.42. The lowest BCUT2D eigenvalue weighted by molar-refractivity contribution is 0.102. The van der Waals surface area contributed by atoms with Crippen molar-refractivity contribution in [3.05, 3.63) is 18.6 Å². The minimum atomic E-state index is -3.27. The fraction of sp³-hybridized carbons (Fsp3) is 0.667. The van der Waals surface area contributed by atoms with Crippen LogP contribution in [0, 0.1) is 5.92 Å². The summed E-state index contributed by atoms with van der Waals surface area (Å²) in [7, 11) is 0.441. The summed E-state index contributed by atoms with van der Waals surface area (Å²) in [6, 6.07) is 2.23. The first-order valence-electron chi connectivity index (χ1n) is 9.45. The number of rotatable bonds is 6. The highest BCUT2D eigenvalue weighted by Crippen LogP contribution is 2.36. The van der Waals surface area contributed by atoms with Gasteiger partial charge in [-0.05, 0) is 38.2 Å². The first-order chi connectivity index (χ1) is 12.9. The van der Waals surface area contributed by atoms with E-state index in [4.69, 9.17) is 4.74 Å². The van der Waals surface area contributed by atoms with Crippen molar-refractivity contribution >= 4 is 26.9 Å². The summed E-state index contributed by atoms with van der Waals surface area (Å²) in [5, 5.41) is 0.992. The van der Waals surface area contributed by atoms with Gasteiger partial charge in [0.05, 0.1) is 23.3 Å². The molecule has 1 N–H and O–H groups in total. The van der Waals surface area contributed by atoms with Crippen LogP contribution in [-0.4, -0.2) is 72.3 Å². The number of anilines is 1. The summed E-state index contributed by atoms with van der Waals surface area (Å²) >= 11 is 0. The fourth-order valence-corrected chi connectivity index (χ4v) is 6.08. The van der Waals surface area contributed by atoms with Gasteiger partial charge in [0.2, 0.25) is 10.0 Å². The van der Waals surface area contributed by atoms with E-state index in [2.05, 4.69) is 19.9 Å². The van der Waals surface area contributed by atoms with Crippen LogP contribution in [0.5, 0.6) is 0 Å². The predicted molar refractivity (Wildman–Crippen MR) is 104 cm³/mol. The van der Waals surface area contributed by atoms with Crippen LogP contribution in [0.1, 0.15) is 26.2 Å². The Labute approximate surface area is 160 Å². The number of likely N-dealkylation sites (N-methyl/N-ethyl adjacent to an activating group) is 1. The summed E-state index contributed by atoms with van der Waals surface area (Å²) in [4.78, 5) is 13.9. The summed E-state index contributed by atoms with van der Waals surface area (Å²) in [5.74, 6) is 1.29. The van der Waals surface area contributed by atoms with Crippen molar-refractivity contribution in [3.63, 3.8) is 0 Å². The van der Waals surface area contributed by atoms with Gasteiger partial charge in [0.25, 0.3) is 0 Å². The number of aromatic amines is 1. The summed E-state index contributed by atoms with van der Waals surface area (Å²) in [6.45, 7) is 2.58. The van der Waals surface area contributed by atoms with Crippen LogP contribution in [0.3, 0.4) is 0 Å². The molecule has 1 saturated carbocycles. The van der Waals surface area contributed by atoms with E-state index in [1.54, 1.807) is 13.4 Å². The maximum Gasteiger partial charge on any atom is 0.214 e. The SMILES string of the molecule is C[C@@H]1OCC[C@@H]1N(C)S(=O)(=O)CC1CC(N(C)c2ncnc3[nH]ccc23)C1. The van der Waals surface area contributed by atoms with E-state index in [1.165, 1.54) is 4.31 Å². The molecule has 0 unspecified atom stereocenters. The molecule has 1 saturated heterocycles. The Morgan fingerprint density at radius 1 is 1.30 bits per heavy atom. The van der Waals surface area contributed by atoms with Crippen molar-refractivity contribution in [3.8, 4) is 0 Å². The number of hydrogen-bond donors (Lipinski definition) is 1. The molecule has 4 rings (SSSR count). The Bertz CT molecular complexity index is 909. The number of H-pyrrole nitrogens is 1. The normalized spacial score (nSPS) is 28.6. The van der Waals surface area contributed by atoms with Crippen LogP contribution in [-0.2, 0) is 14.8 Å². The van der Waals surface area contributed by atoms with E-state index in [1.807, 2.05) is 26.2 Å². The van der Waals surface area contributed by atoms with Crippen molar-refractivity contribution < 1.29 is 13.2 Å². The summed E-state index contributed by atoms with van der Waals surface area (Å²) in [5.41, 5.74) is 0.819. The van der Waals surface area contributed by atoms with Crippen molar-refractivity contribution in [1.82, 2.24) is 19.3 Å². The number of sulfonamides is 1. The van der Waals surface area contributed by atoms with Gasteiger partial charge in [0.15, 0.2) is 0 Å². The lowest BCUT2D eigenvalue weighted by Crippen LogP contribution is -2.48. The van der Waals surface area contributed by atoms with Gasteiger partial charge in [-0.3, -0.25) is 0 Å². The Morgan fingerprint density at radius 3 is 2.78 bits per heavy atom. The summed E-state index contributed by atoms with van der Waals surface area (Å²) < 4.78 is 32.6. The first kappa shape index (κ1) is 18.6. The topological polar surface area (TPSA) is 91.4 Å². The van der Waals surface area contributed by atoms with Crippen molar-refractivity contribution in [2.75, 3.05) is 31.4 Å². The zero-order valence-corrected chi connectivity index (χ0v) is 16.8. The standard InChI is InChI=1S/C18H27N5O3S/c1-12-16(5-7-26-12)23(3)27(24,25)10-13-8-14(9-13)22(2)18-15-4-6-19-17(15)20-11-21-18/h4,6,11-14,16H,5,7-10H2,1-3H3,(H,19,20,21)/t12-,13?,14?,16-/m0/s1. The van der Waals surface area contributed by atoms with Gasteiger partial charge in [-0.25, -0.2) is 18.4 Å². The van der Waals surface area contributed by atoms with Crippen LogP contribution < -0.4 is 4.90 Å². The van der Waals surface area contributed by atoms with E-state index < -0.39 is 10.0 Å². The third-order valence-electron chi connectivity index (χ3n) is 6.11. The molecule has 2 aromatic rings. The number of nitrogens with one attached hydrogen (secondary N) is 1. The van der Waals surface area contributed by atoms with E-state index in [0.29, 0.717) is 12.6 Å². The van der Waals surface area contributed by atoms with Gasteiger partial charge < -0.3 is 14.6 Å². The van der Waals surface area contributed by atoms with E-state index in [-0.39, 0.29) is 23.8 Å². The van der Waals surface area contributed by atoms with Gasteiger partial charge in [-0.15, -0.1) is 0 Å². The molecule has 8 nitrogen and oxygen atoms in total. The molecule has 0 aromatic carbocycles. The molecule has 0 radical (unpaired) electrons. The molecule has 148 valence electrons. The zero-order valence-electron chi connectivity index (χ0n) is 16.0. The van der Waals surface area contributed by atoms with E-state index in [9.17, 15) is 8.42 Å². The van der Waals surface area contributed by atoms with E-state index in [0.717, 1.165) is 36.1 Å². The Hall–Kier alpha value is -1.71. The second-order valence-corrected chi connectivity index (χ2v) is 9.84. The van der Waals surface area contributed by atoms with Crippen molar-refractivity contribution in [1.29, 1.82) is 0 Å². The zero-order chi connectivity index (χ0) is 19.2. The third-order valence-corrected chi connectivity index (χ3v) is 8.15. The molecule has 1 aliphatic heterocycles. The van der Waals surface area contributed by atoms with Gasteiger partial charge >= 0.3 is 0 Å². The van der Waals surface area contributed by atoms with Crippen molar-refractivity contribution in [2.45, 2.75) is 44.4 Å². The molecule has 3 heterocycles. The maximum absolute atomic E-state index is 12.8. The first-order valence-corrected chi connectivity index (χ1v) is 11.1. The second kappa shape index (κ2) is 7.03. The molecule has 2 aliphatic rings. The van der Waals surface area contributed by atoms with Crippen LogP contribution in [0.25, 0.3) is 11.0 Å². The lowest BCUT2D eigenvalue weighted by atomic mass is 9.81. The molecule has 27 heavy (non-hydrogen) atoms. The molecule has 2 aromatic heterocycles. The molecule has 0 amide bonds. The van der Waals surface area contributed by atoms with Crippen LogP contribution in [0.4, 0.5) is 5.82 Å². The summed E-state index contributed by atoms with van der Waals surface area (Å²) in [6.07, 6.45) is 5.87. The highest BCUT2D eigenvalue weighted by molar-refractivity contribution is 7.89. The van der Waals surface area contributed by atoms with Gasteiger partial charge in [0, 0.05) is 32.9 Å². The Kier molecular flexibility index (Phi) is 4.85. The molecule has 2 atom stereocenters. The smallest absolute Gasteiger partial charge is 0.214 e. The van der Waals surface area contributed by atoms with Crippen LogP contribution in [0.15, 0.2) is 18.6 Å². The molecule has 9 heteroatoms. The minimum absolute atomic E-state index is 0.0356. The molecular weight excluding hydrogens is 366 g/mol. The largest absolute Gasteiger partial charge is 0.377 e. The Morgan fingerprint density at radius 2 is 2.07 bits per heavy atom. The van der Waals surface area contributed by atoms with Gasteiger partial charge in [-0.1, -0.05) is 0 Å². The average molecular weight is 394 g/mol. The average Bonchev–Trinajstić information content (AvgIpc) is 3.24. The fourth-order valence-electron chi connectivity index (χ4n) is 4.29. The molecule has 1 aliphatic carbocycles. The third kappa shape index (κ3) is 3.43. The minimum Gasteiger partial charge on any atom is -0.377 e. The predicted octanol–water partition coefficient (Wildman–Crippen LogP) is 1.61. The maximum atomic E-state index is 12.8. The quantitative estimate of drug-likeness (QED) is 0.802. The Balaban J connectivity index is 1.37. The van der Waals surface area contributed by atoms with Gasteiger partial charge in [-0.2, -0.15) is 4.31 Å². The van der Waals surface area contributed by atoms with E-state index >= 15 is 0 Å². The molecular formula is C18H27N5O3S. The molecule has 0 spiro atoms. The number of aromatic nitrogens is 3. The van der Waals surface area contributed by atoms with Crippen LogP contribution in [0.2, 0.25) is 0 Å². The molecule has 0 bridgehead atoms. The highest BCUT2D eigenvalue weighted by atomic mass is 32.2.